The second kappa shape index (κ2) is 72.4. The van der Waals surface area contributed by atoms with Gasteiger partial charge in [0.05, 0.1) is 84.1 Å². The van der Waals surface area contributed by atoms with Crippen LogP contribution in [0.2, 0.25) is 0 Å². The topological polar surface area (TPSA) is 130 Å². The van der Waals surface area contributed by atoms with Crippen LogP contribution in [0.4, 0.5) is 0 Å². The lowest BCUT2D eigenvalue weighted by Crippen LogP contribution is -2.04. The number of hydrogen-bond donors (Lipinski definition) is 2. The molecule has 5 rings (SSSR count). The van der Waals surface area contributed by atoms with Crippen LogP contribution in [-0.2, 0) is 0 Å². The molecule has 0 fully saturated rings. The van der Waals surface area contributed by atoms with Gasteiger partial charge in [-0.25, -0.2) is 9.59 Å². The molecule has 0 unspecified atom stereocenters. The summed E-state index contributed by atoms with van der Waals surface area (Å²) < 4.78 is 41.5. The van der Waals surface area contributed by atoms with E-state index in [1.165, 1.54) is 295 Å². The van der Waals surface area contributed by atoms with E-state index in [2.05, 4.69) is 101 Å². The van der Waals surface area contributed by atoms with Gasteiger partial charge in [0.15, 0.2) is 0 Å². The van der Waals surface area contributed by atoms with Crippen molar-refractivity contribution in [3.05, 3.63) is 141 Å². The van der Waals surface area contributed by atoms with Crippen LogP contribution in [0.3, 0.4) is 0 Å². The highest BCUT2D eigenvalue weighted by Crippen LogP contribution is 2.35. The molecule has 122 heavy (non-hydrogen) atoms. The Morgan fingerprint density at radius 2 is 0.328 bits per heavy atom. The van der Waals surface area contributed by atoms with E-state index in [1.807, 2.05) is 24.3 Å². The van der Waals surface area contributed by atoms with E-state index in [0.29, 0.717) is 119 Å². The van der Waals surface area contributed by atoms with Crippen LogP contribution in [0.1, 0.15) is 492 Å². The molecule has 0 spiro atoms. The first-order chi connectivity index (χ1) is 60.1. The molecule has 2 N–H and O–H groups in total. The molecule has 0 atom stereocenters. The highest BCUT2D eigenvalue weighted by Gasteiger charge is 2.18. The molecule has 0 saturated heterocycles. The van der Waals surface area contributed by atoms with Gasteiger partial charge in [0, 0.05) is 47.5 Å². The number of ether oxygens (including phenoxy) is 6. The standard InChI is InChI=1S/C112H166O10/c1-7-13-19-25-31-37-43-49-55-61-83-117-105-91-101(107(119-85-63-57-51-45-39-33-27-21-15-9-3)89-99(105)77-71-95-67-73-97(74-68-95)111(113)114)79-81-103-93-110(122-88-66-60-54-48-42-36-30-24-18-12-6)104(94-109(103)121-87-65-59-53-47-41-35-29-23-17-11-5)82-80-102-92-106(118-84-62-56-50-44-38-32-26-20-14-8-2)100(78-72-96-69-75-98(76-70-96)112(115)116)90-108(102)120-86-64-58-52-46-40-34-28-22-16-10-4/h67-70,73-76,89-94H,7-66,83-88H2,1-6H3,(H,113,114)(H,115,116). The zero-order valence-electron chi connectivity index (χ0n) is 77.9. The van der Waals surface area contributed by atoms with Crippen molar-refractivity contribution in [3.63, 3.8) is 0 Å². The Morgan fingerprint density at radius 1 is 0.197 bits per heavy atom. The summed E-state index contributed by atoms with van der Waals surface area (Å²) in [6.07, 6.45) is 72.8. The smallest absolute Gasteiger partial charge is 0.335 e. The maximum atomic E-state index is 11.9. The average molecular weight is 1670 g/mol. The minimum atomic E-state index is -0.977. The van der Waals surface area contributed by atoms with Crippen molar-refractivity contribution in [1.29, 1.82) is 0 Å². The van der Waals surface area contributed by atoms with Gasteiger partial charge in [0.25, 0.3) is 0 Å². The van der Waals surface area contributed by atoms with Gasteiger partial charge in [-0.2, -0.15) is 0 Å². The fraction of sp³-hybridized carbons (Fsp3) is 0.643. The third kappa shape index (κ3) is 50.1. The maximum Gasteiger partial charge on any atom is 0.335 e. The molecule has 0 amide bonds. The van der Waals surface area contributed by atoms with Gasteiger partial charge in [0.2, 0.25) is 0 Å². The third-order valence-electron chi connectivity index (χ3n) is 23.4. The van der Waals surface area contributed by atoms with Gasteiger partial charge < -0.3 is 38.6 Å². The predicted molar refractivity (Wildman–Crippen MR) is 514 cm³/mol. The van der Waals surface area contributed by atoms with Crippen molar-refractivity contribution in [3.8, 4) is 81.9 Å². The van der Waals surface area contributed by atoms with Gasteiger partial charge in [-0.3, -0.25) is 0 Å². The molecule has 10 heteroatoms. The number of rotatable bonds is 74. The van der Waals surface area contributed by atoms with Crippen LogP contribution in [0, 0.1) is 47.4 Å². The van der Waals surface area contributed by atoms with E-state index in [0.717, 1.165) is 89.9 Å². The summed E-state index contributed by atoms with van der Waals surface area (Å²) in [4.78, 5) is 23.8. The lowest BCUT2D eigenvalue weighted by atomic mass is 10.0. The fourth-order valence-electron chi connectivity index (χ4n) is 15.6. The highest BCUT2D eigenvalue weighted by molar-refractivity contribution is 5.88. The Hall–Kier alpha value is -7.92. The van der Waals surface area contributed by atoms with E-state index in [4.69, 9.17) is 28.4 Å². The largest absolute Gasteiger partial charge is 0.492 e. The average Bonchev–Trinajstić information content (AvgIpc) is 0.816. The number of unbranched alkanes of at least 4 members (excludes halogenated alkanes) is 54. The zero-order chi connectivity index (χ0) is 86.9. The monoisotopic (exact) mass is 1670 g/mol. The SMILES string of the molecule is CCCCCCCCCCCCOc1cc(C#Cc2cc(OCCCCCCCCCCCC)c(C#Cc3cc(OCCCCCCCCCCCC)c(C#Cc4ccc(C(=O)O)cc4)cc3OCCCCCCCCCCCC)cc2OCCCCCCCCCCCC)c(OCCCCCCCCCCCC)cc1C#Cc1ccc(C(=O)O)cc1. The Kier molecular flexibility index (Phi) is 62.1. The number of carbonyl (C=O) groups is 2. The molecule has 674 valence electrons. The van der Waals surface area contributed by atoms with Crippen LogP contribution in [-0.4, -0.2) is 61.8 Å². The van der Waals surface area contributed by atoms with Gasteiger partial charge in [0.1, 0.15) is 34.5 Å². The van der Waals surface area contributed by atoms with Crippen molar-refractivity contribution >= 4 is 11.9 Å². The number of benzene rings is 5. The number of hydrogen-bond acceptors (Lipinski definition) is 8. The molecule has 0 bridgehead atoms. The summed E-state index contributed by atoms with van der Waals surface area (Å²) in [6.45, 7) is 16.8. The molecular weight excluding hydrogens is 1510 g/mol. The number of aromatic carboxylic acids is 2. The van der Waals surface area contributed by atoms with Crippen LogP contribution in [0.25, 0.3) is 0 Å². The van der Waals surface area contributed by atoms with Crippen LogP contribution >= 0.6 is 0 Å². The predicted octanol–water partition coefficient (Wildman–Crippen LogP) is 32.5. The Balaban J connectivity index is 1.70. The van der Waals surface area contributed by atoms with Crippen molar-refractivity contribution in [2.24, 2.45) is 0 Å². The van der Waals surface area contributed by atoms with Crippen LogP contribution in [0.5, 0.6) is 34.5 Å². The number of carboxylic acids is 2. The zero-order valence-corrected chi connectivity index (χ0v) is 77.9. The first kappa shape index (κ1) is 105. The normalized spacial score (nSPS) is 10.9. The minimum Gasteiger partial charge on any atom is -0.492 e. The summed E-state index contributed by atoms with van der Waals surface area (Å²) in [7, 11) is 0. The Morgan fingerprint density at radius 3 is 0.467 bits per heavy atom. The van der Waals surface area contributed by atoms with Gasteiger partial charge in [-0.15, -0.1) is 0 Å². The molecule has 0 radical (unpaired) electrons. The van der Waals surface area contributed by atoms with Crippen molar-refractivity contribution < 1.29 is 48.2 Å². The van der Waals surface area contributed by atoms with Crippen molar-refractivity contribution in [2.75, 3.05) is 39.6 Å². The van der Waals surface area contributed by atoms with Crippen molar-refractivity contribution in [1.82, 2.24) is 0 Å². The first-order valence-electron chi connectivity index (χ1n) is 50.2. The number of carboxylic acid groups (broad SMARTS) is 2. The molecule has 0 aromatic heterocycles. The summed E-state index contributed by atoms with van der Waals surface area (Å²) in [5.41, 5.74) is 5.92. The molecule has 5 aromatic carbocycles. The molecule has 0 saturated carbocycles. The van der Waals surface area contributed by atoms with E-state index in [-0.39, 0.29) is 11.1 Å². The highest BCUT2D eigenvalue weighted by atomic mass is 16.5. The molecule has 10 nitrogen and oxygen atoms in total. The van der Waals surface area contributed by atoms with Crippen molar-refractivity contribution in [2.45, 2.75) is 427 Å². The van der Waals surface area contributed by atoms with E-state index in [9.17, 15) is 19.8 Å². The molecule has 0 heterocycles. The van der Waals surface area contributed by atoms with Gasteiger partial charge >= 0.3 is 11.9 Å². The molecule has 5 aromatic rings. The van der Waals surface area contributed by atoms with Crippen LogP contribution in [0.15, 0.2) is 84.9 Å². The van der Waals surface area contributed by atoms with E-state index < -0.39 is 11.9 Å². The second-order valence-electron chi connectivity index (χ2n) is 34.5. The minimum absolute atomic E-state index is 0.211. The summed E-state index contributed by atoms with van der Waals surface area (Å²) in [5.74, 6) is 30.0. The molecule has 0 aliphatic heterocycles. The second-order valence-corrected chi connectivity index (χ2v) is 34.5. The lowest BCUT2D eigenvalue weighted by molar-refractivity contribution is 0.0686. The molecule has 0 aliphatic rings. The third-order valence-corrected chi connectivity index (χ3v) is 23.4. The molecular formula is C112H166O10. The van der Waals surface area contributed by atoms with Gasteiger partial charge in [-0.05, 0) is 87.1 Å². The fourth-order valence-corrected chi connectivity index (χ4v) is 15.6. The molecule has 0 aliphatic carbocycles. The Bertz CT molecular complexity index is 3530. The van der Waals surface area contributed by atoms with Gasteiger partial charge in [-0.1, -0.05) is 436 Å². The van der Waals surface area contributed by atoms with E-state index in [1.54, 1.807) is 48.5 Å². The Labute approximate surface area is 744 Å². The van der Waals surface area contributed by atoms with E-state index >= 15 is 0 Å². The maximum absolute atomic E-state index is 11.9. The summed E-state index contributed by atoms with van der Waals surface area (Å²) >= 11 is 0. The first-order valence-corrected chi connectivity index (χ1v) is 50.2. The van der Waals surface area contributed by atoms with Crippen LogP contribution < -0.4 is 28.4 Å². The summed E-state index contributed by atoms with van der Waals surface area (Å²) in [6, 6.07) is 25.6. The lowest BCUT2D eigenvalue weighted by Gasteiger charge is -2.15. The summed E-state index contributed by atoms with van der Waals surface area (Å²) in [5, 5.41) is 19.5. The quantitative estimate of drug-likeness (QED) is 0.0287.